The molecule has 0 aliphatic carbocycles. The average molecular weight is 515 g/mol. The monoisotopic (exact) mass is 514 g/mol. The highest BCUT2D eigenvalue weighted by Crippen LogP contribution is 2.40. The zero-order valence-electron chi connectivity index (χ0n) is 18.6. The summed E-state index contributed by atoms with van der Waals surface area (Å²) < 4.78 is 37.8. The number of halogens is 1. The number of nitrogens with one attached hydrogen (secondary N) is 1. The Bertz CT molecular complexity index is 1560. The van der Waals surface area contributed by atoms with Gasteiger partial charge in [0.1, 0.15) is 11.4 Å². The Hall–Kier alpha value is -2.65. The Morgan fingerprint density at radius 1 is 1.12 bits per heavy atom. The summed E-state index contributed by atoms with van der Waals surface area (Å²) in [5.41, 5.74) is 1.79. The summed E-state index contributed by atoms with van der Waals surface area (Å²) in [4.78, 5) is 12.6. The van der Waals surface area contributed by atoms with Crippen molar-refractivity contribution in [2.45, 2.75) is 43.4 Å². The first kappa shape index (κ1) is 23.1. The van der Waals surface area contributed by atoms with Crippen LogP contribution in [0.3, 0.4) is 0 Å². The van der Waals surface area contributed by atoms with E-state index in [0.29, 0.717) is 34.0 Å². The lowest BCUT2D eigenvalue weighted by molar-refractivity contribution is 0.0702. The van der Waals surface area contributed by atoms with Crippen molar-refractivity contribution in [1.82, 2.24) is 9.29 Å². The van der Waals surface area contributed by atoms with Crippen LogP contribution in [0.1, 0.15) is 37.4 Å². The molecular weight excluding hydrogens is 492 g/mol. The maximum absolute atomic E-state index is 13.3. The third kappa shape index (κ3) is 4.38. The molecule has 0 radical (unpaired) electrons. The number of sulfonamides is 1. The van der Waals surface area contributed by atoms with Gasteiger partial charge in [0.25, 0.3) is 0 Å². The first-order valence-corrected chi connectivity index (χ1v) is 13.5. The van der Waals surface area contributed by atoms with Crippen LogP contribution in [0.2, 0.25) is 5.02 Å². The zero-order chi connectivity index (χ0) is 24.1. The van der Waals surface area contributed by atoms with E-state index in [-0.39, 0.29) is 9.77 Å². The number of hydrogen-bond acceptors (Lipinski definition) is 5. The van der Waals surface area contributed by atoms with Crippen molar-refractivity contribution in [3.63, 3.8) is 0 Å². The van der Waals surface area contributed by atoms with Gasteiger partial charge in [-0.05, 0) is 49.7 Å². The molecule has 0 bridgehead atoms. The van der Waals surface area contributed by atoms with Gasteiger partial charge in [-0.15, -0.1) is 0 Å². The molecule has 4 aromatic rings. The Morgan fingerprint density at radius 2 is 1.85 bits per heavy atom. The topological polar surface area (TPSA) is 77.4 Å². The van der Waals surface area contributed by atoms with Crippen LogP contribution in [0.15, 0.2) is 76.4 Å². The third-order valence-corrected chi connectivity index (χ3v) is 8.69. The predicted molar refractivity (Wildman–Crippen MR) is 135 cm³/mol. The van der Waals surface area contributed by atoms with Gasteiger partial charge in [-0.1, -0.05) is 59.3 Å². The number of para-hydroxylation sites is 1. The zero-order valence-corrected chi connectivity index (χ0v) is 21.0. The van der Waals surface area contributed by atoms with Crippen molar-refractivity contribution in [2.24, 2.45) is 0 Å². The van der Waals surface area contributed by atoms with Gasteiger partial charge in [0.2, 0.25) is 10.0 Å². The van der Waals surface area contributed by atoms with E-state index in [2.05, 4.69) is 4.72 Å². The van der Waals surface area contributed by atoms with Crippen molar-refractivity contribution in [3.05, 3.63) is 92.5 Å². The Morgan fingerprint density at radius 3 is 2.65 bits per heavy atom. The van der Waals surface area contributed by atoms with E-state index >= 15 is 0 Å². The molecule has 0 saturated heterocycles. The molecule has 0 fully saturated rings. The lowest BCUT2D eigenvalue weighted by Crippen LogP contribution is -2.41. The maximum Gasteiger partial charge on any atom is 0.308 e. The predicted octanol–water partition coefficient (Wildman–Crippen LogP) is 5.35. The number of aromatic nitrogens is 1. The van der Waals surface area contributed by atoms with E-state index in [0.717, 1.165) is 22.5 Å². The van der Waals surface area contributed by atoms with Crippen molar-refractivity contribution >= 4 is 43.2 Å². The van der Waals surface area contributed by atoms with Gasteiger partial charge in [0.15, 0.2) is 0 Å². The van der Waals surface area contributed by atoms with Gasteiger partial charge < -0.3 is 4.74 Å². The first-order valence-electron chi connectivity index (χ1n) is 10.8. The van der Waals surface area contributed by atoms with Crippen LogP contribution < -0.4 is 14.3 Å². The average Bonchev–Trinajstić information content (AvgIpc) is 3.08. The molecule has 1 atom stereocenters. The van der Waals surface area contributed by atoms with E-state index in [1.54, 1.807) is 22.8 Å². The number of benzene rings is 3. The second-order valence-electron chi connectivity index (χ2n) is 8.95. The molecule has 0 saturated carbocycles. The first-order chi connectivity index (χ1) is 16.1. The summed E-state index contributed by atoms with van der Waals surface area (Å²) >= 11 is 7.29. The molecule has 0 spiro atoms. The standard InChI is InChI=1S/C25H23ClN2O4S2/c1-25(2)14-20(18-8-4-6-10-22(18)32-25)27-34(30,31)17-11-12-21-23(13-17)33-24(29)28(21)15-16-7-3-5-9-19(16)26/h3-13,20,27H,14-15H2,1-2H3. The highest BCUT2D eigenvalue weighted by Gasteiger charge is 2.36. The van der Waals surface area contributed by atoms with Gasteiger partial charge in [-0.3, -0.25) is 9.36 Å². The number of fused-ring (bicyclic) bond motifs is 2. The number of ether oxygens (including phenoxy) is 1. The lowest BCUT2D eigenvalue weighted by Gasteiger charge is -2.37. The lowest BCUT2D eigenvalue weighted by atomic mass is 9.90. The van der Waals surface area contributed by atoms with Gasteiger partial charge >= 0.3 is 4.87 Å². The van der Waals surface area contributed by atoms with Crippen LogP contribution >= 0.6 is 22.9 Å². The highest BCUT2D eigenvalue weighted by molar-refractivity contribution is 7.89. The fourth-order valence-electron chi connectivity index (χ4n) is 4.32. The maximum atomic E-state index is 13.3. The highest BCUT2D eigenvalue weighted by atomic mass is 35.5. The number of hydrogen-bond donors (Lipinski definition) is 1. The number of thiazole rings is 1. The molecule has 6 nitrogen and oxygen atoms in total. The molecule has 34 heavy (non-hydrogen) atoms. The van der Waals surface area contributed by atoms with Crippen LogP contribution in [-0.2, 0) is 16.6 Å². The molecule has 1 unspecified atom stereocenters. The third-order valence-electron chi connectivity index (χ3n) is 5.91. The number of nitrogens with zero attached hydrogens (tertiary/aromatic N) is 1. The second-order valence-corrected chi connectivity index (χ2v) is 12.1. The van der Waals surface area contributed by atoms with Crippen molar-refractivity contribution < 1.29 is 13.2 Å². The summed E-state index contributed by atoms with van der Waals surface area (Å²) in [6, 6.07) is 19.2. The molecule has 176 valence electrons. The Labute approximate surface area is 206 Å². The molecular formula is C25H23ClN2O4S2. The van der Waals surface area contributed by atoms with Crippen LogP contribution in [0.5, 0.6) is 5.75 Å². The fourth-order valence-corrected chi connectivity index (χ4v) is 6.76. The SMILES string of the molecule is CC1(C)CC(NS(=O)(=O)c2ccc3c(c2)sc(=O)n3Cc2ccccc2Cl)c2ccccc2O1. The Balaban J connectivity index is 1.48. The van der Waals surface area contributed by atoms with Crippen molar-refractivity contribution in [2.75, 3.05) is 0 Å². The minimum Gasteiger partial charge on any atom is -0.487 e. The largest absolute Gasteiger partial charge is 0.487 e. The smallest absolute Gasteiger partial charge is 0.308 e. The summed E-state index contributed by atoms with van der Waals surface area (Å²) in [7, 11) is -3.84. The van der Waals surface area contributed by atoms with E-state index in [1.807, 2.05) is 56.3 Å². The van der Waals surface area contributed by atoms with E-state index < -0.39 is 21.7 Å². The molecule has 9 heteroatoms. The summed E-state index contributed by atoms with van der Waals surface area (Å²) in [5, 5.41) is 0.580. The molecule has 1 aromatic heterocycles. The van der Waals surface area contributed by atoms with Crippen LogP contribution in [0.4, 0.5) is 0 Å². The molecule has 1 aliphatic heterocycles. The molecule has 3 aromatic carbocycles. The van der Waals surface area contributed by atoms with Crippen LogP contribution in [-0.4, -0.2) is 18.6 Å². The van der Waals surface area contributed by atoms with Gasteiger partial charge in [0.05, 0.1) is 27.7 Å². The van der Waals surface area contributed by atoms with Gasteiger partial charge in [-0.2, -0.15) is 0 Å². The van der Waals surface area contributed by atoms with Crippen molar-refractivity contribution in [1.29, 1.82) is 0 Å². The fraction of sp³-hybridized carbons (Fsp3) is 0.240. The van der Waals surface area contributed by atoms with Gasteiger partial charge in [0, 0.05) is 17.0 Å². The summed E-state index contributed by atoms with van der Waals surface area (Å²) in [6.45, 7) is 4.20. The Kier molecular flexibility index (Phi) is 5.80. The van der Waals surface area contributed by atoms with Crippen LogP contribution in [0, 0.1) is 0 Å². The van der Waals surface area contributed by atoms with Gasteiger partial charge in [-0.25, -0.2) is 13.1 Å². The molecule has 1 aliphatic rings. The van der Waals surface area contributed by atoms with Crippen molar-refractivity contribution in [3.8, 4) is 5.75 Å². The summed E-state index contributed by atoms with van der Waals surface area (Å²) in [6.07, 6.45) is 0.493. The molecule has 1 N–H and O–H groups in total. The minimum absolute atomic E-state index is 0.118. The number of rotatable bonds is 5. The molecule has 5 rings (SSSR count). The normalized spacial score (nSPS) is 17.3. The van der Waals surface area contributed by atoms with E-state index in [1.165, 1.54) is 6.07 Å². The minimum atomic E-state index is -3.84. The van der Waals surface area contributed by atoms with E-state index in [4.69, 9.17) is 16.3 Å². The summed E-state index contributed by atoms with van der Waals surface area (Å²) in [5.74, 6) is 0.678. The second kappa shape index (κ2) is 8.53. The molecule has 0 amide bonds. The quantitative estimate of drug-likeness (QED) is 0.389. The molecule has 2 heterocycles. The van der Waals surface area contributed by atoms with Crippen LogP contribution in [0.25, 0.3) is 10.2 Å². The van der Waals surface area contributed by atoms with E-state index in [9.17, 15) is 13.2 Å².